The number of halogens is 1. The van der Waals surface area contributed by atoms with Gasteiger partial charge in [0, 0.05) is 18.3 Å². The lowest BCUT2D eigenvalue weighted by Crippen LogP contribution is -2.04. The fourth-order valence-electron chi connectivity index (χ4n) is 1.58. The highest BCUT2D eigenvalue weighted by Crippen LogP contribution is 2.30. The van der Waals surface area contributed by atoms with Crippen LogP contribution in [0.5, 0.6) is 0 Å². The van der Waals surface area contributed by atoms with Crippen molar-refractivity contribution in [2.75, 3.05) is 11.9 Å². The van der Waals surface area contributed by atoms with Gasteiger partial charge in [0.1, 0.15) is 5.82 Å². The second kappa shape index (κ2) is 5.67. The van der Waals surface area contributed by atoms with Crippen molar-refractivity contribution in [2.24, 2.45) is 0 Å². The van der Waals surface area contributed by atoms with Crippen LogP contribution in [-0.2, 0) is 0 Å². The Balaban J connectivity index is 2.45. The Morgan fingerprint density at radius 1 is 1.33 bits per heavy atom. The van der Waals surface area contributed by atoms with Gasteiger partial charge in [-0.15, -0.1) is 11.3 Å². The lowest BCUT2D eigenvalue weighted by atomic mass is 10.1. The third-order valence-corrected chi connectivity index (χ3v) is 3.72. The molecule has 0 unspecified atom stereocenters. The zero-order valence-corrected chi connectivity index (χ0v) is 12.3. The van der Waals surface area contributed by atoms with E-state index in [0.29, 0.717) is 5.92 Å². The molecule has 0 bridgehead atoms. The molecule has 18 heavy (non-hydrogen) atoms. The summed E-state index contributed by atoms with van der Waals surface area (Å²) in [6.07, 6.45) is 0. The van der Waals surface area contributed by atoms with Crippen LogP contribution in [0.15, 0.2) is 18.2 Å². The highest BCUT2D eigenvalue weighted by atomic mass is 35.5. The zero-order chi connectivity index (χ0) is 13.1. The third-order valence-electron chi connectivity index (χ3n) is 2.49. The fraction of sp³-hybridized carbons (Fsp3) is 0.385. The Morgan fingerprint density at radius 2 is 2.11 bits per heavy atom. The molecule has 2 aromatic rings. The van der Waals surface area contributed by atoms with Crippen molar-refractivity contribution in [3.05, 3.63) is 28.2 Å². The molecule has 5 heteroatoms. The molecule has 0 aliphatic heterocycles. The van der Waals surface area contributed by atoms with Gasteiger partial charge in [-0.25, -0.2) is 9.97 Å². The summed E-state index contributed by atoms with van der Waals surface area (Å²) >= 11 is 7.46. The van der Waals surface area contributed by atoms with Crippen molar-refractivity contribution in [3.63, 3.8) is 0 Å². The van der Waals surface area contributed by atoms with E-state index in [9.17, 15) is 0 Å². The van der Waals surface area contributed by atoms with Gasteiger partial charge in [0.05, 0.1) is 9.21 Å². The van der Waals surface area contributed by atoms with Gasteiger partial charge in [0.15, 0.2) is 5.82 Å². The summed E-state index contributed by atoms with van der Waals surface area (Å²) < 4.78 is 0.758. The summed E-state index contributed by atoms with van der Waals surface area (Å²) in [4.78, 5) is 10.1. The maximum atomic E-state index is 5.96. The van der Waals surface area contributed by atoms with E-state index in [-0.39, 0.29) is 0 Å². The van der Waals surface area contributed by atoms with Crippen LogP contribution in [-0.4, -0.2) is 16.5 Å². The van der Waals surface area contributed by atoms with E-state index in [0.717, 1.165) is 33.1 Å². The second-order valence-electron chi connectivity index (χ2n) is 4.29. The number of aromatic nitrogens is 2. The molecule has 0 aliphatic rings. The summed E-state index contributed by atoms with van der Waals surface area (Å²) in [6, 6.07) is 5.84. The van der Waals surface area contributed by atoms with Crippen molar-refractivity contribution < 1.29 is 0 Å². The summed E-state index contributed by atoms with van der Waals surface area (Å²) in [7, 11) is 0. The van der Waals surface area contributed by atoms with E-state index in [2.05, 4.69) is 36.1 Å². The van der Waals surface area contributed by atoms with E-state index in [1.54, 1.807) is 0 Å². The molecule has 2 rings (SSSR count). The maximum Gasteiger partial charge on any atom is 0.171 e. The number of thiophene rings is 1. The SMILES string of the molecule is CCNc1cc(C(C)C)nc(-c2ccc(Cl)s2)n1. The lowest BCUT2D eigenvalue weighted by molar-refractivity contribution is 0.817. The molecule has 3 nitrogen and oxygen atoms in total. The quantitative estimate of drug-likeness (QED) is 0.902. The first kappa shape index (κ1) is 13.3. The largest absolute Gasteiger partial charge is 0.370 e. The van der Waals surface area contributed by atoms with Crippen LogP contribution in [0.2, 0.25) is 4.34 Å². The third kappa shape index (κ3) is 3.00. The Kier molecular flexibility index (Phi) is 4.19. The van der Waals surface area contributed by atoms with Crippen LogP contribution in [0.4, 0.5) is 5.82 Å². The highest BCUT2D eigenvalue weighted by Gasteiger charge is 2.10. The smallest absolute Gasteiger partial charge is 0.171 e. The highest BCUT2D eigenvalue weighted by molar-refractivity contribution is 7.19. The predicted molar refractivity (Wildman–Crippen MR) is 78.6 cm³/mol. The summed E-state index contributed by atoms with van der Waals surface area (Å²) in [5, 5.41) is 3.24. The van der Waals surface area contributed by atoms with E-state index in [1.807, 2.05) is 18.2 Å². The standard InChI is InChI=1S/C13H16ClN3S/c1-4-15-12-7-9(8(2)3)16-13(17-12)10-5-6-11(14)18-10/h5-8H,4H2,1-3H3,(H,15,16,17). The van der Waals surface area contributed by atoms with Crippen LogP contribution < -0.4 is 5.32 Å². The zero-order valence-electron chi connectivity index (χ0n) is 10.7. The predicted octanol–water partition coefficient (Wildman–Crippen LogP) is 4.41. The van der Waals surface area contributed by atoms with Crippen LogP contribution in [0.3, 0.4) is 0 Å². The average molecular weight is 282 g/mol. The van der Waals surface area contributed by atoms with E-state index >= 15 is 0 Å². The molecule has 1 N–H and O–H groups in total. The van der Waals surface area contributed by atoms with Crippen LogP contribution >= 0.6 is 22.9 Å². The first-order chi connectivity index (χ1) is 8.60. The van der Waals surface area contributed by atoms with Gasteiger partial charge in [-0.3, -0.25) is 0 Å². The van der Waals surface area contributed by atoms with Crippen LogP contribution in [0, 0.1) is 0 Å². The number of hydrogen-bond acceptors (Lipinski definition) is 4. The van der Waals surface area contributed by atoms with Crippen molar-refractivity contribution >= 4 is 28.8 Å². The molecule has 0 aliphatic carbocycles. The minimum Gasteiger partial charge on any atom is -0.370 e. The number of hydrogen-bond donors (Lipinski definition) is 1. The monoisotopic (exact) mass is 281 g/mol. The first-order valence-electron chi connectivity index (χ1n) is 5.98. The average Bonchev–Trinajstić information content (AvgIpc) is 2.76. The Labute approximate surface area is 116 Å². The summed E-state index contributed by atoms with van der Waals surface area (Å²) in [6.45, 7) is 7.16. The fourth-order valence-corrected chi connectivity index (χ4v) is 2.56. The summed E-state index contributed by atoms with van der Waals surface area (Å²) in [5.41, 5.74) is 1.04. The van der Waals surface area contributed by atoms with Gasteiger partial charge in [0.25, 0.3) is 0 Å². The van der Waals surface area contributed by atoms with Gasteiger partial charge >= 0.3 is 0 Å². The van der Waals surface area contributed by atoms with Crippen LogP contribution in [0.1, 0.15) is 32.4 Å². The molecule has 0 spiro atoms. The minimum atomic E-state index is 0.375. The summed E-state index contributed by atoms with van der Waals surface area (Å²) in [5.74, 6) is 1.99. The first-order valence-corrected chi connectivity index (χ1v) is 7.18. The molecule has 0 radical (unpaired) electrons. The normalized spacial score (nSPS) is 10.9. The van der Waals surface area contributed by atoms with Gasteiger partial charge in [-0.05, 0) is 25.0 Å². The number of rotatable bonds is 4. The van der Waals surface area contributed by atoms with Crippen molar-refractivity contribution in [2.45, 2.75) is 26.7 Å². The number of nitrogens with zero attached hydrogens (tertiary/aromatic N) is 2. The molecule has 0 saturated heterocycles. The molecule has 0 aromatic carbocycles. The molecule has 96 valence electrons. The second-order valence-corrected chi connectivity index (χ2v) is 6.01. The molecular weight excluding hydrogens is 266 g/mol. The van der Waals surface area contributed by atoms with Gasteiger partial charge in [0.2, 0.25) is 0 Å². The minimum absolute atomic E-state index is 0.375. The molecular formula is C13H16ClN3S. The Hall–Kier alpha value is -1.13. The molecule has 0 amide bonds. The van der Waals surface area contributed by atoms with E-state index < -0.39 is 0 Å². The van der Waals surface area contributed by atoms with Crippen molar-refractivity contribution in [1.82, 2.24) is 9.97 Å². The lowest BCUT2D eigenvalue weighted by Gasteiger charge is -2.10. The van der Waals surface area contributed by atoms with E-state index in [1.165, 1.54) is 11.3 Å². The van der Waals surface area contributed by atoms with Gasteiger partial charge in [-0.2, -0.15) is 0 Å². The molecule has 2 aromatic heterocycles. The molecule has 0 saturated carbocycles. The van der Waals surface area contributed by atoms with Gasteiger partial charge in [-0.1, -0.05) is 25.4 Å². The Bertz CT molecular complexity index is 537. The Morgan fingerprint density at radius 3 is 2.67 bits per heavy atom. The molecule has 0 fully saturated rings. The number of anilines is 1. The topological polar surface area (TPSA) is 37.8 Å². The number of nitrogens with one attached hydrogen (secondary N) is 1. The van der Waals surface area contributed by atoms with E-state index in [4.69, 9.17) is 11.6 Å². The van der Waals surface area contributed by atoms with Crippen molar-refractivity contribution in [1.29, 1.82) is 0 Å². The van der Waals surface area contributed by atoms with Crippen LogP contribution in [0.25, 0.3) is 10.7 Å². The molecule has 0 atom stereocenters. The van der Waals surface area contributed by atoms with Gasteiger partial charge < -0.3 is 5.32 Å². The van der Waals surface area contributed by atoms with Crippen molar-refractivity contribution in [3.8, 4) is 10.7 Å². The maximum absolute atomic E-state index is 5.96. The molecule has 2 heterocycles.